The normalized spacial score (nSPS) is 11.3. The largest absolute Gasteiger partial charge is 0.503 e. The second-order valence-electron chi connectivity index (χ2n) is 4.51. The lowest BCUT2D eigenvalue weighted by molar-refractivity contribution is 0.377. The molecule has 1 heterocycles. The lowest BCUT2D eigenvalue weighted by atomic mass is 10.1. The fourth-order valence-corrected chi connectivity index (χ4v) is 2.17. The molecule has 3 nitrogen and oxygen atoms in total. The van der Waals surface area contributed by atoms with Crippen LogP contribution in [-0.4, -0.2) is 14.7 Å². The summed E-state index contributed by atoms with van der Waals surface area (Å²) in [6, 6.07) is 4.37. The van der Waals surface area contributed by atoms with Gasteiger partial charge in [-0.05, 0) is 18.2 Å². The van der Waals surface area contributed by atoms with E-state index in [1.54, 1.807) is 0 Å². The highest BCUT2D eigenvalue weighted by Crippen LogP contribution is 2.33. The van der Waals surface area contributed by atoms with E-state index in [4.69, 9.17) is 0 Å². The van der Waals surface area contributed by atoms with E-state index in [0.29, 0.717) is 11.6 Å². The third kappa shape index (κ3) is 1.93. The molecule has 3 aromatic rings. The van der Waals surface area contributed by atoms with Crippen LogP contribution in [0, 0.1) is 23.3 Å². The summed E-state index contributed by atoms with van der Waals surface area (Å²) in [4.78, 5) is 4.00. The number of aromatic hydroxyl groups is 1. The van der Waals surface area contributed by atoms with E-state index in [2.05, 4.69) is 4.98 Å². The van der Waals surface area contributed by atoms with Gasteiger partial charge < -0.3 is 9.67 Å². The van der Waals surface area contributed by atoms with Crippen molar-refractivity contribution in [3.8, 4) is 17.1 Å². The molecule has 108 valence electrons. The second kappa shape index (κ2) is 4.47. The lowest BCUT2D eigenvalue weighted by Gasteiger charge is -2.07. The quantitative estimate of drug-likeness (QED) is 0.551. The van der Waals surface area contributed by atoms with Gasteiger partial charge in [0.05, 0.1) is 16.6 Å². The van der Waals surface area contributed by atoms with E-state index >= 15 is 0 Å². The molecule has 0 atom stereocenters. The van der Waals surface area contributed by atoms with Crippen LogP contribution in [0.4, 0.5) is 17.6 Å². The van der Waals surface area contributed by atoms with E-state index in [1.165, 1.54) is 23.7 Å². The van der Waals surface area contributed by atoms with Crippen molar-refractivity contribution in [2.45, 2.75) is 0 Å². The van der Waals surface area contributed by atoms with Crippen LogP contribution in [0.1, 0.15) is 0 Å². The number of nitrogens with zero attached hydrogens (tertiary/aromatic N) is 2. The van der Waals surface area contributed by atoms with Gasteiger partial charge >= 0.3 is 0 Å². The predicted octanol–water partition coefficient (Wildman–Crippen LogP) is 3.50. The van der Waals surface area contributed by atoms with Gasteiger partial charge in [0, 0.05) is 13.1 Å². The molecular formula is C14H8F4N2O. The molecule has 0 aliphatic heterocycles. The van der Waals surface area contributed by atoms with Crippen LogP contribution < -0.4 is 0 Å². The van der Waals surface area contributed by atoms with Crippen LogP contribution in [0.5, 0.6) is 5.75 Å². The Kier molecular flexibility index (Phi) is 2.86. The molecule has 0 saturated heterocycles. The first-order valence-corrected chi connectivity index (χ1v) is 5.89. The molecule has 1 aromatic heterocycles. The number of hydrogen-bond acceptors (Lipinski definition) is 2. The van der Waals surface area contributed by atoms with Crippen molar-refractivity contribution in [3.63, 3.8) is 0 Å². The number of aromatic nitrogens is 2. The summed E-state index contributed by atoms with van der Waals surface area (Å²) in [6.45, 7) is 0. The average Bonchev–Trinajstić information content (AvgIpc) is 2.77. The van der Waals surface area contributed by atoms with E-state index in [9.17, 15) is 22.7 Å². The number of imidazole rings is 1. The Morgan fingerprint density at radius 2 is 1.76 bits per heavy atom. The standard InChI is InChI=1S/C14H8F4N2O/c1-20-10-3-2-6(15)4-9(10)19-14(20)7-5-8(16)12(18)13(21)11(7)17/h2-5,21H,1H3. The molecule has 0 unspecified atom stereocenters. The van der Waals surface area contributed by atoms with E-state index in [0.717, 1.165) is 6.07 Å². The Hall–Kier alpha value is -2.57. The number of aryl methyl sites for hydroxylation is 1. The lowest BCUT2D eigenvalue weighted by Crippen LogP contribution is -1.98. The van der Waals surface area contributed by atoms with Crippen LogP contribution >= 0.6 is 0 Å². The molecule has 0 saturated carbocycles. The van der Waals surface area contributed by atoms with Gasteiger partial charge in [0.15, 0.2) is 17.4 Å². The Bertz CT molecular complexity index is 873. The van der Waals surface area contributed by atoms with Crippen LogP contribution in [0.25, 0.3) is 22.4 Å². The van der Waals surface area contributed by atoms with Gasteiger partial charge in [0.25, 0.3) is 0 Å². The monoisotopic (exact) mass is 296 g/mol. The summed E-state index contributed by atoms with van der Waals surface area (Å²) in [5, 5.41) is 9.25. The molecule has 0 aliphatic rings. The number of halogens is 4. The molecule has 0 aliphatic carbocycles. The molecule has 1 N–H and O–H groups in total. The minimum Gasteiger partial charge on any atom is -0.503 e. The number of fused-ring (bicyclic) bond motifs is 1. The third-order valence-electron chi connectivity index (χ3n) is 3.22. The summed E-state index contributed by atoms with van der Waals surface area (Å²) in [5.74, 6) is -6.39. The highest BCUT2D eigenvalue weighted by atomic mass is 19.2. The van der Waals surface area contributed by atoms with Gasteiger partial charge in [-0.1, -0.05) is 0 Å². The molecule has 0 fully saturated rings. The van der Waals surface area contributed by atoms with E-state index < -0.39 is 34.6 Å². The second-order valence-corrected chi connectivity index (χ2v) is 4.51. The first kappa shape index (κ1) is 13.4. The predicted molar refractivity (Wildman–Crippen MR) is 67.6 cm³/mol. The molecule has 2 aromatic carbocycles. The van der Waals surface area contributed by atoms with Crippen LogP contribution in [0.2, 0.25) is 0 Å². The van der Waals surface area contributed by atoms with Crippen molar-refractivity contribution in [1.29, 1.82) is 0 Å². The summed E-state index contributed by atoms with van der Waals surface area (Å²) in [6.07, 6.45) is 0. The van der Waals surface area contributed by atoms with Crippen LogP contribution in [-0.2, 0) is 7.05 Å². The van der Waals surface area contributed by atoms with Crippen molar-refractivity contribution < 1.29 is 22.7 Å². The number of rotatable bonds is 1. The SMILES string of the molecule is Cn1c(-c2cc(F)c(F)c(O)c2F)nc2cc(F)ccc21. The van der Waals surface area contributed by atoms with Gasteiger partial charge in [-0.3, -0.25) is 0 Å². The summed E-state index contributed by atoms with van der Waals surface area (Å²) < 4.78 is 55.0. The van der Waals surface area contributed by atoms with Crippen LogP contribution in [0.3, 0.4) is 0 Å². The average molecular weight is 296 g/mol. The van der Waals surface area contributed by atoms with Crippen molar-refractivity contribution >= 4 is 11.0 Å². The first-order chi connectivity index (χ1) is 9.90. The van der Waals surface area contributed by atoms with Crippen molar-refractivity contribution in [1.82, 2.24) is 9.55 Å². The van der Waals surface area contributed by atoms with E-state index in [-0.39, 0.29) is 11.3 Å². The number of phenols is 1. The summed E-state index contributed by atoms with van der Waals surface area (Å²) >= 11 is 0. The summed E-state index contributed by atoms with van der Waals surface area (Å²) in [7, 11) is 1.51. The first-order valence-electron chi connectivity index (χ1n) is 5.89. The third-order valence-corrected chi connectivity index (χ3v) is 3.22. The fourth-order valence-electron chi connectivity index (χ4n) is 2.17. The minimum absolute atomic E-state index is 0.0534. The zero-order valence-corrected chi connectivity index (χ0v) is 10.7. The van der Waals surface area contributed by atoms with Gasteiger partial charge in [0.2, 0.25) is 5.82 Å². The highest BCUT2D eigenvalue weighted by molar-refractivity contribution is 5.81. The molecular weight excluding hydrogens is 288 g/mol. The Morgan fingerprint density at radius 3 is 2.48 bits per heavy atom. The molecule has 7 heteroatoms. The smallest absolute Gasteiger partial charge is 0.203 e. The van der Waals surface area contributed by atoms with Gasteiger partial charge in [-0.25, -0.2) is 18.2 Å². The molecule has 21 heavy (non-hydrogen) atoms. The Balaban J connectivity index is 2.33. The van der Waals surface area contributed by atoms with Gasteiger partial charge in [0.1, 0.15) is 11.6 Å². The molecule has 3 rings (SSSR count). The maximum atomic E-state index is 13.9. The number of benzene rings is 2. The molecule has 0 radical (unpaired) electrons. The van der Waals surface area contributed by atoms with Gasteiger partial charge in [-0.15, -0.1) is 0 Å². The molecule has 0 spiro atoms. The van der Waals surface area contributed by atoms with Crippen molar-refractivity contribution in [3.05, 3.63) is 47.5 Å². The zero-order valence-electron chi connectivity index (χ0n) is 10.7. The van der Waals surface area contributed by atoms with Crippen molar-refractivity contribution in [2.24, 2.45) is 7.05 Å². The number of hydrogen-bond donors (Lipinski definition) is 1. The Labute approximate surface area is 116 Å². The number of phenolic OH excluding ortho intramolecular Hbond substituents is 1. The molecule has 0 bridgehead atoms. The maximum Gasteiger partial charge on any atom is 0.203 e. The molecule has 0 amide bonds. The fraction of sp³-hybridized carbons (Fsp3) is 0.0714. The van der Waals surface area contributed by atoms with Gasteiger partial charge in [-0.2, -0.15) is 4.39 Å². The Morgan fingerprint density at radius 1 is 1.05 bits per heavy atom. The minimum atomic E-state index is -1.67. The zero-order chi connectivity index (χ0) is 15.3. The highest BCUT2D eigenvalue weighted by Gasteiger charge is 2.22. The topological polar surface area (TPSA) is 38.0 Å². The maximum absolute atomic E-state index is 13.9. The summed E-state index contributed by atoms with van der Waals surface area (Å²) in [5.41, 5.74) is 0.302. The van der Waals surface area contributed by atoms with Crippen molar-refractivity contribution in [2.75, 3.05) is 0 Å². The van der Waals surface area contributed by atoms with E-state index in [1.807, 2.05) is 0 Å². The van der Waals surface area contributed by atoms with Crippen LogP contribution in [0.15, 0.2) is 24.3 Å².